The molecular formula is C19H15ClNO2S2-. The number of aromatic nitrogens is 1. The van der Waals surface area contributed by atoms with E-state index in [0.29, 0.717) is 10.7 Å². The van der Waals surface area contributed by atoms with E-state index in [0.717, 1.165) is 31.7 Å². The normalized spacial score (nSPS) is 10.8. The Labute approximate surface area is 159 Å². The van der Waals surface area contributed by atoms with E-state index >= 15 is 0 Å². The monoisotopic (exact) mass is 388 g/mol. The highest BCUT2D eigenvalue weighted by molar-refractivity contribution is 8.01. The van der Waals surface area contributed by atoms with Crippen molar-refractivity contribution in [3.05, 3.63) is 64.3 Å². The summed E-state index contributed by atoms with van der Waals surface area (Å²) < 4.78 is 0.909. The summed E-state index contributed by atoms with van der Waals surface area (Å²) >= 11 is 9.31. The number of carboxylic acid groups (broad SMARTS) is 1. The molecule has 1 aromatic heterocycles. The zero-order chi connectivity index (χ0) is 17.8. The average Bonchev–Trinajstić information content (AvgIpc) is 2.97. The van der Waals surface area contributed by atoms with Crippen molar-refractivity contribution in [2.45, 2.75) is 28.9 Å². The number of hydrogen-bond acceptors (Lipinski definition) is 5. The lowest BCUT2D eigenvalue weighted by molar-refractivity contribution is -0.304. The summed E-state index contributed by atoms with van der Waals surface area (Å²) in [7, 11) is 0. The van der Waals surface area contributed by atoms with Gasteiger partial charge in [-0.25, -0.2) is 4.98 Å². The van der Waals surface area contributed by atoms with Crippen LogP contribution >= 0.6 is 34.7 Å². The maximum Gasteiger partial charge on any atom is 0.0937 e. The number of rotatable bonds is 6. The van der Waals surface area contributed by atoms with Gasteiger partial charge in [-0.15, -0.1) is 11.3 Å². The highest BCUT2D eigenvalue weighted by atomic mass is 35.5. The molecule has 0 bridgehead atoms. The van der Waals surface area contributed by atoms with Crippen molar-refractivity contribution in [2.24, 2.45) is 0 Å². The molecule has 3 aromatic rings. The van der Waals surface area contributed by atoms with Crippen LogP contribution in [-0.4, -0.2) is 11.0 Å². The number of aliphatic carboxylic acids is 1. The summed E-state index contributed by atoms with van der Waals surface area (Å²) in [5.41, 5.74) is 2.62. The van der Waals surface area contributed by atoms with Crippen LogP contribution in [0.4, 0.5) is 0 Å². The van der Waals surface area contributed by atoms with E-state index < -0.39 is 5.97 Å². The van der Waals surface area contributed by atoms with Crippen LogP contribution in [-0.2, 0) is 17.6 Å². The van der Waals surface area contributed by atoms with Gasteiger partial charge in [0.05, 0.1) is 14.9 Å². The molecule has 0 radical (unpaired) electrons. The average molecular weight is 389 g/mol. The molecule has 0 N–H and O–H groups in total. The number of nitrogens with zero attached hydrogens (tertiary/aromatic N) is 1. The predicted octanol–water partition coefficient (Wildman–Crippen LogP) is 4.47. The van der Waals surface area contributed by atoms with E-state index in [1.165, 1.54) is 23.1 Å². The molecular weight excluding hydrogens is 374 g/mol. The standard InChI is InChI=1S/C19H16ClNO2S2/c1-2-17-21-16(11-18(22)23)19(25-17)24-13-9-7-12(8-10-13)14-5-3-4-6-15(14)20/h3-10H,2,11H2,1H3,(H,22,23)/p-1. The summed E-state index contributed by atoms with van der Waals surface area (Å²) in [4.78, 5) is 16.4. The molecule has 0 aliphatic rings. The Morgan fingerprint density at radius 3 is 2.56 bits per heavy atom. The summed E-state index contributed by atoms with van der Waals surface area (Å²) in [5, 5.41) is 12.6. The molecule has 0 amide bonds. The van der Waals surface area contributed by atoms with Crippen molar-refractivity contribution >= 4 is 40.7 Å². The largest absolute Gasteiger partial charge is 0.550 e. The smallest absolute Gasteiger partial charge is 0.0937 e. The molecule has 0 saturated carbocycles. The van der Waals surface area contributed by atoms with Gasteiger partial charge < -0.3 is 9.90 Å². The van der Waals surface area contributed by atoms with Crippen LogP contribution in [0.2, 0.25) is 5.02 Å². The van der Waals surface area contributed by atoms with Crippen LogP contribution in [0.3, 0.4) is 0 Å². The Kier molecular flexibility index (Phi) is 5.78. The zero-order valence-electron chi connectivity index (χ0n) is 13.5. The topological polar surface area (TPSA) is 53.0 Å². The quantitative estimate of drug-likeness (QED) is 0.625. The van der Waals surface area contributed by atoms with Crippen molar-refractivity contribution in [1.29, 1.82) is 0 Å². The van der Waals surface area contributed by atoms with E-state index in [1.807, 2.05) is 55.5 Å². The van der Waals surface area contributed by atoms with Crippen LogP contribution < -0.4 is 5.11 Å². The minimum atomic E-state index is -1.11. The number of carboxylic acids is 1. The predicted molar refractivity (Wildman–Crippen MR) is 101 cm³/mol. The molecule has 3 nitrogen and oxygen atoms in total. The van der Waals surface area contributed by atoms with Crippen molar-refractivity contribution in [1.82, 2.24) is 4.98 Å². The second kappa shape index (κ2) is 8.04. The molecule has 0 unspecified atom stereocenters. The molecule has 0 spiro atoms. The van der Waals surface area contributed by atoms with E-state index in [2.05, 4.69) is 4.98 Å². The van der Waals surface area contributed by atoms with Gasteiger partial charge in [0.15, 0.2) is 0 Å². The van der Waals surface area contributed by atoms with Gasteiger partial charge in [-0.05, 0) is 30.2 Å². The molecule has 6 heteroatoms. The van der Waals surface area contributed by atoms with Crippen LogP contribution in [0.25, 0.3) is 11.1 Å². The summed E-state index contributed by atoms with van der Waals surface area (Å²) in [5.74, 6) is -1.11. The highest BCUT2D eigenvalue weighted by Crippen LogP contribution is 2.37. The van der Waals surface area contributed by atoms with E-state index in [-0.39, 0.29) is 6.42 Å². The first-order chi connectivity index (χ1) is 12.1. The second-order valence-corrected chi connectivity index (χ2v) is 8.18. The minimum Gasteiger partial charge on any atom is -0.550 e. The van der Waals surface area contributed by atoms with Crippen LogP contribution in [0.15, 0.2) is 57.6 Å². The Bertz CT molecular complexity index is 891. The van der Waals surface area contributed by atoms with Gasteiger partial charge in [0.25, 0.3) is 0 Å². The maximum atomic E-state index is 10.9. The third-order valence-corrected chi connectivity index (χ3v) is 6.36. The number of aryl methyl sites for hydroxylation is 1. The lowest BCUT2D eigenvalue weighted by atomic mass is 10.1. The Balaban J connectivity index is 1.83. The fourth-order valence-corrected chi connectivity index (χ4v) is 4.83. The lowest BCUT2D eigenvalue weighted by Crippen LogP contribution is -2.24. The minimum absolute atomic E-state index is 0.156. The Hall–Kier alpha value is -1.82. The molecule has 0 fully saturated rings. The van der Waals surface area contributed by atoms with Gasteiger partial charge in [0.2, 0.25) is 0 Å². The van der Waals surface area contributed by atoms with Crippen LogP contribution in [0.5, 0.6) is 0 Å². The number of thiazole rings is 1. The van der Waals surface area contributed by atoms with Crippen molar-refractivity contribution < 1.29 is 9.90 Å². The highest BCUT2D eigenvalue weighted by Gasteiger charge is 2.12. The molecule has 3 rings (SSSR count). The molecule has 0 aliphatic heterocycles. The van der Waals surface area contributed by atoms with Crippen molar-refractivity contribution in [2.75, 3.05) is 0 Å². The number of benzene rings is 2. The molecule has 0 atom stereocenters. The van der Waals surface area contributed by atoms with Gasteiger partial charge in [0, 0.05) is 27.9 Å². The summed E-state index contributed by atoms with van der Waals surface area (Å²) in [6.07, 6.45) is 0.632. The first kappa shape index (κ1) is 18.0. The number of hydrogen-bond donors (Lipinski definition) is 0. The van der Waals surface area contributed by atoms with Gasteiger partial charge in [-0.2, -0.15) is 0 Å². The third-order valence-electron chi connectivity index (χ3n) is 3.57. The summed E-state index contributed by atoms with van der Waals surface area (Å²) in [6, 6.07) is 15.8. The van der Waals surface area contributed by atoms with E-state index in [9.17, 15) is 9.90 Å². The fourth-order valence-electron chi connectivity index (χ4n) is 2.37. The number of halogens is 1. The molecule has 2 aromatic carbocycles. The lowest BCUT2D eigenvalue weighted by Gasteiger charge is -2.06. The number of carbonyl (C=O) groups is 1. The van der Waals surface area contributed by atoms with Gasteiger partial charge in [-0.3, -0.25) is 0 Å². The molecule has 25 heavy (non-hydrogen) atoms. The molecule has 0 aliphatic carbocycles. The zero-order valence-corrected chi connectivity index (χ0v) is 15.9. The van der Waals surface area contributed by atoms with E-state index in [4.69, 9.17) is 11.6 Å². The van der Waals surface area contributed by atoms with Gasteiger partial charge >= 0.3 is 0 Å². The van der Waals surface area contributed by atoms with Crippen LogP contribution in [0, 0.1) is 0 Å². The Morgan fingerprint density at radius 1 is 1.20 bits per heavy atom. The number of carbonyl (C=O) groups excluding carboxylic acids is 1. The molecule has 1 heterocycles. The molecule has 0 saturated heterocycles. The van der Waals surface area contributed by atoms with Crippen molar-refractivity contribution in [3.8, 4) is 11.1 Å². The fraction of sp³-hybridized carbons (Fsp3) is 0.158. The van der Waals surface area contributed by atoms with Crippen LogP contribution in [0.1, 0.15) is 17.6 Å². The first-order valence-corrected chi connectivity index (χ1v) is 9.79. The molecule has 128 valence electrons. The first-order valence-electron chi connectivity index (χ1n) is 7.78. The Morgan fingerprint density at radius 2 is 1.92 bits per heavy atom. The van der Waals surface area contributed by atoms with Crippen molar-refractivity contribution in [3.63, 3.8) is 0 Å². The van der Waals surface area contributed by atoms with Gasteiger partial charge in [0.1, 0.15) is 0 Å². The van der Waals surface area contributed by atoms with Gasteiger partial charge in [-0.1, -0.05) is 60.6 Å². The summed E-state index contributed by atoms with van der Waals surface area (Å²) in [6.45, 7) is 2.01. The maximum absolute atomic E-state index is 10.9. The SMILES string of the molecule is CCc1nc(CC(=O)[O-])c(Sc2ccc(-c3ccccc3Cl)cc2)s1. The third kappa shape index (κ3) is 4.42. The van der Waals surface area contributed by atoms with E-state index in [1.54, 1.807) is 0 Å². The second-order valence-electron chi connectivity index (χ2n) is 5.35.